The molecule has 0 amide bonds. The molecular weight excluding hydrogens is 1720 g/mol. The molecule has 57 nitrogen and oxygen atoms in total. The van der Waals surface area contributed by atoms with Crippen molar-refractivity contribution in [3.05, 3.63) is 124 Å². The molecule has 9 aromatic heterocycles. The quantitative estimate of drug-likeness (QED) is 0.0186. The van der Waals surface area contributed by atoms with Gasteiger partial charge in [0.2, 0.25) is 11.9 Å². The molecule has 23 atom stereocenters. The van der Waals surface area contributed by atoms with Crippen molar-refractivity contribution in [1.82, 2.24) is 87.2 Å². The maximum atomic E-state index is 14.5. The van der Waals surface area contributed by atoms with Gasteiger partial charge in [-0.1, -0.05) is 0 Å². The molecule has 120 heavy (non-hydrogen) atoms. The lowest BCUT2D eigenvalue weighted by molar-refractivity contribution is -0.0648. The van der Waals surface area contributed by atoms with Crippen LogP contribution in [0.3, 0.4) is 0 Å². The van der Waals surface area contributed by atoms with E-state index >= 15 is 0 Å². The Balaban J connectivity index is 0.632. The number of nitrogens with zero attached hydrogens (tertiary/aromatic N) is 15. The minimum Gasteiger partial charge on any atom is -0.394 e. The van der Waals surface area contributed by atoms with Crippen LogP contribution in [0.4, 0.5) is 29.4 Å². The predicted molar refractivity (Wildman–Crippen MR) is 394 cm³/mol. The Morgan fingerprint density at radius 3 is 1.17 bits per heavy atom. The minimum absolute atomic E-state index is 0.00278. The zero-order valence-electron chi connectivity index (χ0n) is 61.6. The van der Waals surface area contributed by atoms with Gasteiger partial charge in [0, 0.05) is 62.7 Å². The van der Waals surface area contributed by atoms with Crippen LogP contribution in [-0.2, 0) is 96.5 Å². The monoisotopic (exact) mass is 1790 g/mol. The number of nitrogen functional groups attached to an aromatic ring is 5. The van der Waals surface area contributed by atoms with E-state index < -0.39 is 249 Å². The Morgan fingerprint density at radius 2 is 0.767 bits per heavy atom. The molecule has 0 radical (unpaired) electrons. The number of anilines is 5. The number of aromatic nitrogens is 18. The van der Waals surface area contributed by atoms with Gasteiger partial charge < -0.3 is 91.8 Å². The number of rotatable bonds is 32. The summed E-state index contributed by atoms with van der Waals surface area (Å²) in [5.74, 6) is -1.03. The minimum atomic E-state index is -5.64. The highest BCUT2D eigenvalue weighted by Gasteiger charge is 2.52. The summed E-state index contributed by atoms with van der Waals surface area (Å²) in [6, 6.07) is 2.49. The van der Waals surface area contributed by atoms with Crippen molar-refractivity contribution in [2.75, 3.05) is 68.3 Å². The molecule has 0 aliphatic carbocycles. The van der Waals surface area contributed by atoms with Crippen LogP contribution < -0.4 is 62.4 Å². The van der Waals surface area contributed by atoms with Crippen LogP contribution in [0, 0.1) is 6.92 Å². The molecule has 15 heterocycles. The van der Waals surface area contributed by atoms with Gasteiger partial charge in [-0.25, -0.2) is 62.1 Å². The number of nitrogens with one attached hydrogen (secondary N) is 3. The van der Waals surface area contributed by atoms with Crippen molar-refractivity contribution in [3.63, 3.8) is 0 Å². The number of imidazole rings is 3. The van der Waals surface area contributed by atoms with Gasteiger partial charge >= 0.3 is 56.2 Å². The highest BCUT2D eigenvalue weighted by atomic mass is 31.2. The van der Waals surface area contributed by atoms with Gasteiger partial charge in [-0.2, -0.15) is 19.9 Å². The highest BCUT2D eigenvalue weighted by molar-refractivity contribution is 7.48. The summed E-state index contributed by atoms with van der Waals surface area (Å²) >= 11 is 0. The Morgan fingerprint density at radius 1 is 0.425 bits per heavy atom. The number of hydrogen-bond acceptors (Lipinski definition) is 43. The van der Waals surface area contributed by atoms with Crippen LogP contribution in [0.25, 0.3) is 33.5 Å². The fourth-order valence-electron chi connectivity index (χ4n) is 14.0. The van der Waals surface area contributed by atoms with Crippen LogP contribution in [0.5, 0.6) is 0 Å². The smallest absolute Gasteiger partial charge is 0.394 e. The third kappa shape index (κ3) is 18.9. The molecule has 9 aromatic rings. The van der Waals surface area contributed by atoms with E-state index in [4.69, 9.17) is 102 Å². The molecule has 0 aromatic carbocycles. The lowest BCUT2D eigenvalue weighted by Gasteiger charge is -2.26. The first-order valence-corrected chi connectivity index (χ1v) is 43.2. The fraction of sp³-hybridized carbons (Fsp3) is 0.534. The van der Waals surface area contributed by atoms with Crippen LogP contribution in [0.15, 0.2) is 84.8 Å². The van der Waals surface area contributed by atoms with E-state index in [0.717, 1.165) is 32.6 Å². The Bertz CT molecular complexity index is 6010. The van der Waals surface area contributed by atoms with Crippen molar-refractivity contribution in [2.45, 2.75) is 156 Å². The average Bonchev–Trinajstić information content (AvgIpc) is 1.63. The molecule has 6 aliphatic rings. The van der Waals surface area contributed by atoms with E-state index in [2.05, 4.69) is 59.8 Å². The zero-order chi connectivity index (χ0) is 85.4. The van der Waals surface area contributed by atoms with Gasteiger partial charge in [0.15, 0.2) is 33.8 Å². The number of hydrogen-bond donors (Lipinski definition) is 15. The molecule has 0 spiro atoms. The van der Waals surface area contributed by atoms with Crippen LogP contribution in [0.2, 0.25) is 0 Å². The second-order valence-electron chi connectivity index (χ2n) is 27.7. The maximum absolute atomic E-state index is 14.5. The summed E-state index contributed by atoms with van der Waals surface area (Å²) in [4.78, 5) is 177. The predicted octanol–water partition coefficient (Wildman–Crippen LogP) is -3.03. The first-order valence-electron chi connectivity index (χ1n) is 35.7. The number of aliphatic hydroxyl groups excluding tert-OH is 2. The number of nitrogens with two attached hydrogens (primary N) is 5. The number of aromatic amines is 3. The van der Waals surface area contributed by atoms with E-state index in [0.29, 0.717) is 0 Å². The van der Waals surface area contributed by atoms with Crippen molar-refractivity contribution < 1.29 is 131 Å². The summed E-state index contributed by atoms with van der Waals surface area (Å²) in [5, 5.41) is 21.1. The Labute approximate surface area is 666 Å². The SMILES string of the molecule is Cc1cn([C@H]2C[C@H](OP(=O)(O)OC[C@H]3O[C@@H](n4cnc5c(N)ncnc54)C[C@@H]3OP(=O)(O)OC[C@H]3O[C@@H](n4ccc(N)nc4=O)C[C@@H]3OP(=O)(O)OC[C@H]3O[C@@H](n4cnc5c(=O)[nH]c(N)nc54)C[C@@H]3O)[C@@H](COP(=O)(O)O[C@H]3C[C@H](n4cnc5c(=O)[nH]c(N)nc54)O[C@@H]3COP(=O)(O)O[C@H]3C[C@H](n4ccc(N)nc4=O)O[C@@H]3CO)O2)c(=O)[nH]c1=O. The zero-order valence-corrected chi connectivity index (χ0v) is 66.0. The maximum Gasteiger partial charge on any atom is 0.472 e. The summed E-state index contributed by atoms with van der Waals surface area (Å²) < 4.78 is 168. The van der Waals surface area contributed by atoms with Crippen LogP contribution in [-0.4, -0.2) is 235 Å². The van der Waals surface area contributed by atoms with E-state index in [9.17, 15) is 86.3 Å². The molecule has 650 valence electrons. The number of H-pyrrole nitrogens is 3. The van der Waals surface area contributed by atoms with Crippen molar-refractivity contribution in [3.8, 4) is 0 Å². The van der Waals surface area contributed by atoms with Gasteiger partial charge in [-0.05, 0) is 19.1 Å². The summed E-state index contributed by atoms with van der Waals surface area (Å²) in [6.45, 7) is -4.59. The number of aryl methyl sites for hydroxylation is 1. The standard InChI is InChI=1S/C58H74N23O34P5/c1-23-12-78(58(89)75-51(23)84)41-9-27(33(108-41)16-103-120(98,99)115-29-11-43(81-22-68-46-50(81)72-55(63)74-53(46)86)110-35(29)18-101-117(92,93)111-25-7-39(105-30(25)13-82)76-4-2-36(59)69-56(76)87)113-118(94,95)104-17-34-28(10-42(109-34)79-20-66-44-47(61)64-19-65-48(44)79)114-119(96,97)102-15-32-26(8-40(107-32)77-5-3-37(60)70-57(77)88)112-116(90,91)100-14-31-24(83)6-38(106-31)80-21-67-45-49(80)71-54(62)73-52(45)85/h2-5,12,19-22,24-35,38-43,82-83H,6-11,13-18H2,1H3,(H,90,91)(H,92,93)(H,94,95)(H,96,97)(H,98,99)(H2,59,69,87)(H2,60,70,88)(H2,61,64,65)(H,75,84,89)(H3,62,71,73,85)(H3,63,72,74,86)/t24-,25-,26-,27-,28-,29-,30+,31+,32+,33+,34+,35+,38+,39+,40+,41+,42+,43+/m0/s1. The van der Waals surface area contributed by atoms with E-state index in [1.807, 2.05) is 0 Å². The highest BCUT2D eigenvalue weighted by Crippen LogP contribution is 2.56. The van der Waals surface area contributed by atoms with Crippen LogP contribution >= 0.6 is 39.1 Å². The Hall–Kier alpha value is -9.08. The molecule has 5 unspecified atom stereocenters. The third-order valence-electron chi connectivity index (χ3n) is 19.6. The number of phosphoric ester groups is 5. The van der Waals surface area contributed by atoms with Crippen molar-refractivity contribution in [1.29, 1.82) is 0 Å². The van der Waals surface area contributed by atoms with E-state index in [1.165, 1.54) is 57.8 Å². The number of aliphatic hydroxyl groups is 2. The number of fused-ring (bicyclic) bond motifs is 3. The fourth-order valence-corrected chi connectivity index (χ4v) is 18.8. The second kappa shape index (κ2) is 34.0. The average molecular weight is 1790 g/mol. The van der Waals surface area contributed by atoms with Crippen molar-refractivity contribution >= 4 is 102 Å². The number of phosphoric acid groups is 5. The van der Waals surface area contributed by atoms with Crippen molar-refractivity contribution in [2.24, 2.45) is 0 Å². The summed E-state index contributed by atoms with van der Waals surface area (Å²) in [7, 11) is -27.4. The molecule has 62 heteroatoms. The summed E-state index contributed by atoms with van der Waals surface area (Å²) in [5.41, 5.74) is 23.4. The molecular formula is C58H74N23O34P5. The van der Waals surface area contributed by atoms with Gasteiger partial charge in [-0.15, -0.1) is 0 Å². The molecule has 6 fully saturated rings. The van der Waals surface area contributed by atoms with E-state index in [-0.39, 0.29) is 81.2 Å². The largest absolute Gasteiger partial charge is 0.472 e. The molecule has 6 aliphatic heterocycles. The van der Waals surface area contributed by atoms with Gasteiger partial charge in [0.05, 0.1) is 64.7 Å². The molecule has 20 N–H and O–H groups in total. The number of ether oxygens (including phenoxy) is 6. The van der Waals surface area contributed by atoms with E-state index in [1.54, 1.807) is 0 Å². The lowest BCUT2D eigenvalue weighted by Crippen LogP contribution is -2.33. The first kappa shape index (κ1) is 85.9. The van der Waals surface area contributed by atoms with Gasteiger partial charge in [0.1, 0.15) is 128 Å². The third-order valence-corrected chi connectivity index (χ3v) is 24.7. The molecule has 15 rings (SSSR count). The molecule has 0 saturated carbocycles. The normalized spacial score (nSPS) is 29.7. The Kier molecular flexibility index (Phi) is 24.3. The summed E-state index contributed by atoms with van der Waals surface area (Å²) in [6.07, 6.45) is -21.6. The topological polar surface area (TPSA) is 800 Å². The lowest BCUT2D eigenvalue weighted by atomic mass is 10.2. The van der Waals surface area contributed by atoms with Crippen LogP contribution in [0.1, 0.15) is 81.5 Å². The molecule has 0 bridgehead atoms. The molecule has 6 saturated heterocycles. The first-order chi connectivity index (χ1) is 56.8. The van der Waals surface area contributed by atoms with Gasteiger partial charge in [-0.3, -0.25) is 102 Å². The second-order valence-corrected chi connectivity index (χ2v) is 34.7. The van der Waals surface area contributed by atoms with Gasteiger partial charge in [0.25, 0.3) is 16.7 Å².